The van der Waals surface area contributed by atoms with E-state index in [1.807, 2.05) is 19.1 Å². The number of pyridine rings is 1. The van der Waals surface area contributed by atoms with E-state index in [9.17, 15) is 4.79 Å². The van der Waals surface area contributed by atoms with E-state index in [2.05, 4.69) is 10.3 Å². The second-order valence-corrected chi connectivity index (χ2v) is 3.64. The number of hydrogen-bond donors (Lipinski definition) is 2. The fraction of sp³-hybridized carbons (Fsp3) is 0.455. The summed E-state index contributed by atoms with van der Waals surface area (Å²) in [5, 5.41) is 11.4. The number of nitrogens with one attached hydrogen (secondary N) is 1. The quantitative estimate of drug-likeness (QED) is 0.754. The molecule has 0 saturated carbocycles. The fourth-order valence-electron chi connectivity index (χ4n) is 1.16. The molecule has 0 radical (unpaired) electrons. The Hall–Kier alpha value is -1.42. The number of carbonyl (C=O) groups excluding carboxylic acids is 1. The van der Waals surface area contributed by atoms with E-state index in [0.29, 0.717) is 6.42 Å². The lowest BCUT2D eigenvalue weighted by Crippen LogP contribution is -2.36. The third-order valence-electron chi connectivity index (χ3n) is 2.02. The first kappa shape index (κ1) is 11.7. The van der Waals surface area contributed by atoms with Crippen LogP contribution in [0.1, 0.15) is 18.2 Å². The zero-order chi connectivity index (χ0) is 11.3. The lowest BCUT2D eigenvalue weighted by atomic mass is 10.2. The zero-order valence-electron chi connectivity index (χ0n) is 9.03. The highest BCUT2D eigenvalue weighted by atomic mass is 16.3. The van der Waals surface area contributed by atoms with Gasteiger partial charge in [0.1, 0.15) is 0 Å². The van der Waals surface area contributed by atoms with Gasteiger partial charge < -0.3 is 10.4 Å². The van der Waals surface area contributed by atoms with Gasteiger partial charge in [0.25, 0.3) is 0 Å². The van der Waals surface area contributed by atoms with Crippen LogP contribution in [0.25, 0.3) is 0 Å². The maximum Gasteiger partial charge on any atom is 0.224 e. The normalized spacial score (nSPS) is 12.2. The number of nitrogens with zero attached hydrogens (tertiary/aromatic N) is 1. The van der Waals surface area contributed by atoms with Crippen LogP contribution in [0.2, 0.25) is 0 Å². The van der Waals surface area contributed by atoms with Gasteiger partial charge in [-0.25, -0.2) is 0 Å². The van der Waals surface area contributed by atoms with Gasteiger partial charge in [0.2, 0.25) is 5.91 Å². The Morgan fingerprint density at radius 1 is 1.60 bits per heavy atom. The summed E-state index contributed by atoms with van der Waals surface area (Å²) in [7, 11) is 0. The van der Waals surface area contributed by atoms with Crippen molar-refractivity contribution in [1.82, 2.24) is 10.3 Å². The zero-order valence-corrected chi connectivity index (χ0v) is 9.03. The average Bonchev–Trinajstić information content (AvgIpc) is 2.21. The summed E-state index contributed by atoms with van der Waals surface area (Å²) in [5.41, 5.74) is 1.81. The van der Waals surface area contributed by atoms with Gasteiger partial charge in [0.15, 0.2) is 0 Å². The molecule has 0 aliphatic carbocycles. The number of aliphatic hydroxyl groups excluding tert-OH is 1. The van der Waals surface area contributed by atoms with Gasteiger partial charge in [-0.05, 0) is 25.5 Å². The van der Waals surface area contributed by atoms with Crippen LogP contribution in [-0.2, 0) is 11.2 Å². The Bertz CT molecular complexity index is 322. The standard InChI is InChI=1S/C11H16N2O2/c1-8-3-4-10(6-12-8)5-11(15)13-9(2)7-14/h3-4,6,9,14H,5,7H2,1-2H3,(H,13,15). The van der Waals surface area contributed by atoms with E-state index < -0.39 is 0 Å². The molecule has 1 aromatic rings. The minimum Gasteiger partial charge on any atom is -0.394 e. The van der Waals surface area contributed by atoms with Crippen molar-refractivity contribution in [2.45, 2.75) is 26.3 Å². The van der Waals surface area contributed by atoms with Crippen molar-refractivity contribution < 1.29 is 9.90 Å². The molecule has 0 aliphatic rings. The second-order valence-electron chi connectivity index (χ2n) is 3.64. The van der Waals surface area contributed by atoms with E-state index in [1.54, 1.807) is 13.1 Å². The van der Waals surface area contributed by atoms with Crippen molar-refractivity contribution >= 4 is 5.91 Å². The average molecular weight is 208 g/mol. The summed E-state index contributed by atoms with van der Waals surface area (Å²) >= 11 is 0. The molecule has 0 bridgehead atoms. The summed E-state index contributed by atoms with van der Waals surface area (Å²) < 4.78 is 0. The molecular formula is C11H16N2O2. The molecule has 1 rings (SSSR count). The van der Waals surface area contributed by atoms with Crippen LogP contribution in [-0.4, -0.2) is 28.6 Å². The van der Waals surface area contributed by atoms with Crippen molar-refractivity contribution in [3.05, 3.63) is 29.6 Å². The van der Waals surface area contributed by atoms with Gasteiger partial charge in [-0.1, -0.05) is 6.07 Å². The lowest BCUT2D eigenvalue weighted by Gasteiger charge is -2.10. The van der Waals surface area contributed by atoms with E-state index in [1.165, 1.54) is 0 Å². The number of aryl methyl sites for hydroxylation is 1. The molecule has 0 aromatic carbocycles. The molecule has 4 heteroatoms. The van der Waals surface area contributed by atoms with Gasteiger partial charge in [-0.2, -0.15) is 0 Å². The van der Waals surface area contributed by atoms with Crippen LogP contribution in [0.3, 0.4) is 0 Å². The van der Waals surface area contributed by atoms with Crippen LogP contribution in [0.4, 0.5) is 0 Å². The molecule has 82 valence electrons. The maximum atomic E-state index is 11.4. The molecule has 1 atom stereocenters. The van der Waals surface area contributed by atoms with Gasteiger partial charge in [-0.15, -0.1) is 0 Å². The Balaban J connectivity index is 2.48. The third kappa shape index (κ3) is 4.08. The highest BCUT2D eigenvalue weighted by molar-refractivity contribution is 5.78. The molecule has 1 unspecified atom stereocenters. The Morgan fingerprint density at radius 2 is 2.33 bits per heavy atom. The van der Waals surface area contributed by atoms with E-state index >= 15 is 0 Å². The number of carbonyl (C=O) groups is 1. The summed E-state index contributed by atoms with van der Waals surface area (Å²) in [6.07, 6.45) is 2.00. The molecule has 0 fully saturated rings. The minimum absolute atomic E-state index is 0.0438. The van der Waals surface area contributed by atoms with Crippen LogP contribution in [0, 0.1) is 6.92 Å². The van der Waals surface area contributed by atoms with E-state index in [0.717, 1.165) is 11.3 Å². The molecule has 4 nitrogen and oxygen atoms in total. The van der Waals surface area contributed by atoms with Crippen LogP contribution in [0.15, 0.2) is 18.3 Å². The second kappa shape index (κ2) is 5.46. The largest absolute Gasteiger partial charge is 0.394 e. The van der Waals surface area contributed by atoms with E-state index in [4.69, 9.17) is 5.11 Å². The highest BCUT2D eigenvalue weighted by Crippen LogP contribution is 2.00. The predicted molar refractivity (Wildman–Crippen MR) is 57.4 cm³/mol. The van der Waals surface area contributed by atoms with Crippen LogP contribution < -0.4 is 5.32 Å². The summed E-state index contributed by atoms with van der Waals surface area (Å²) in [6, 6.07) is 3.56. The van der Waals surface area contributed by atoms with Gasteiger partial charge in [-0.3, -0.25) is 9.78 Å². The van der Waals surface area contributed by atoms with Crippen LogP contribution >= 0.6 is 0 Å². The Kier molecular flexibility index (Phi) is 4.24. The van der Waals surface area contributed by atoms with Crippen molar-refractivity contribution in [3.8, 4) is 0 Å². The van der Waals surface area contributed by atoms with Crippen molar-refractivity contribution in [2.24, 2.45) is 0 Å². The molecule has 15 heavy (non-hydrogen) atoms. The molecule has 1 aromatic heterocycles. The first-order valence-electron chi connectivity index (χ1n) is 4.93. The molecular weight excluding hydrogens is 192 g/mol. The first-order valence-corrected chi connectivity index (χ1v) is 4.93. The lowest BCUT2D eigenvalue weighted by molar-refractivity contribution is -0.121. The van der Waals surface area contributed by atoms with Gasteiger partial charge in [0, 0.05) is 17.9 Å². The number of aliphatic hydroxyl groups is 1. The molecule has 2 N–H and O–H groups in total. The molecule has 0 saturated heterocycles. The summed E-state index contributed by atoms with van der Waals surface area (Å²) in [5.74, 6) is -0.0952. The fourth-order valence-corrected chi connectivity index (χ4v) is 1.16. The van der Waals surface area contributed by atoms with Crippen molar-refractivity contribution in [3.63, 3.8) is 0 Å². The van der Waals surface area contributed by atoms with Crippen molar-refractivity contribution in [2.75, 3.05) is 6.61 Å². The number of aromatic nitrogens is 1. The summed E-state index contributed by atoms with van der Waals surface area (Å²) in [4.78, 5) is 15.5. The minimum atomic E-state index is -0.198. The number of rotatable bonds is 4. The smallest absolute Gasteiger partial charge is 0.224 e. The molecule has 0 aliphatic heterocycles. The topological polar surface area (TPSA) is 62.2 Å². The Labute approximate surface area is 89.3 Å². The molecule has 1 heterocycles. The highest BCUT2D eigenvalue weighted by Gasteiger charge is 2.06. The first-order chi connectivity index (χ1) is 7.11. The van der Waals surface area contributed by atoms with Gasteiger partial charge in [0.05, 0.1) is 13.0 Å². The summed E-state index contributed by atoms with van der Waals surface area (Å²) in [6.45, 7) is 3.61. The Morgan fingerprint density at radius 3 is 2.87 bits per heavy atom. The maximum absolute atomic E-state index is 11.4. The monoisotopic (exact) mass is 208 g/mol. The molecule has 1 amide bonds. The number of amides is 1. The number of hydrogen-bond acceptors (Lipinski definition) is 3. The van der Waals surface area contributed by atoms with E-state index in [-0.39, 0.29) is 18.6 Å². The van der Waals surface area contributed by atoms with Gasteiger partial charge >= 0.3 is 0 Å². The SMILES string of the molecule is Cc1ccc(CC(=O)NC(C)CO)cn1. The van der Waals surface area contributed by atoms with Crippen molar-refractivity contribution in [1.29, 1.82) is 0 Å². The third-order valence-corrected chi connectivity index (χ3v) is 2.02. The predicted octanol–water partition coefficient (Wildman–Crippen LogP) is 0.430. The molecule has 0 spiro atoms. The van der Waals surface area contributed by atoms with Crippen LogP contribution in [0.5, 0.6) is 0 Å².